The number of hydrogen-bond acceptors (Lipinski definition) is 3. The number of nitro benzene ring substituents is 1. The van der Waals surface area contributed by atoms with Gasteiger partial charge in [0.15, 0.2) is 0 Å². The van der Waals surface area contributed by atoms with Crippen LogP contribution in [-0.2, 0) is 6.42 Å². The summed E-state index contributed by atoms with van der Waals surface area (Å²) in [4.78, 5) is 10.1. The molecule has 1 rings (SSSR count). The number of nitriles is 1. The number of nitro groups is 1. The molecule has 0 heterocycles. The van der Waals surface area contributed by atoms with Gasteiger partial charge in [-0.25, -0.2) is 0 Å². The summed E-state index contributed by atoms with van der Waals surface area (Å²) in [5.41, 5.74) is 0.518. The van der Waals surface area contributed by atoms with E-state index in [1.54, 1.807) is 12.1 Å². The quantitative estimate of drug-likeness (QED) is 0.476. The fraction of sp³-hybridized carbons (Fsp3) is 0.125. The minimum atomic E-state index is -0.463. The van der Waals surface area contributed by atoms with Gasteiger partial charge in [0, 0.05) is 9.64 Å². The lowest BCUT2D eigenvalue weighted by Crippen LogP contribution is -1.96. The number of rotatable bonds is 2. The van der Waals surface area contributed by atoms with Crippen molar-refractivity contribution in [1.29, 1.82) is 5.26 Å². The molecule has 0 amide bonds. The molecule has 0 spiro atoms. The topological polar surface area (TPSA) is 66.9 Å². The van der Waals surface area contributed by atoms with Gasteiger partial charge in [0.05, 0.1) is 23.0 Å². The Kier molecular flexibility index (Phi) is 3.19. The van der Waals surface area contributed by atoms with Gasteiger partial charge in [0.1, 0.15) is 0 Å². The molecule has 0 aliphatic heterocycles. The molecule has 1 aromatic rings. The molecule has 0 aliphatic rings. The van der Waals surface area contributed by atoms with Crippen LogP contribution in [0, 0.1) is 25.0 Å². The monoisotopic (exact) mass is 288 g/mol. The van der Waals surface area contributed by atoms with Gasteiger partial charge < -0.3 is 0 Å². The molecule has 0 unspecified atom stereocenters. The largest absolute Gasteiger partial charge is 0.274 e. The SMILES string of the molecule is N#CCc1c(I)cccc1[N+](=O)[O-]. The Hall–Kier alpha value is -1.16. The van der Waals surface area contributed by atoms with E-state index in [0.29, 0.717) is 5.56 Å². The Morgan fingerprint density at radius 1 is 1.62 bits per heavy atom. The Bertz CT molecular complexity index is 384. The molecule has 0 radical (unpaired) electrons. The number of nitrogens with zero attached hydrogens (tertiary/aromatic N) is 2. The van der Waals surface area contributed by atoms with E-state index < -0.39 is 4.92 Å². The predicted molar refractivity (Wildman–Crippen MR) is 55.1 cm³/mol. The average Bonchev–Trinajstić information content (AvgIpc) is 2.08. The first-order valence-electron chi connectivity index (χ1n) is 3.45. The van der Waals surface area contributed by atoms with E-state index in [2.05, 4.69) is 0 Å². The number of hydrogen-bond donors (Lipinski definition) is 0. The highest BCUT2D eigenvalue weighted by molar-refractivity contribution is 14.1. The van der Waals surface area contributed by atoms with Crippen LogP contribution in [0.2, 0.25) is 0 Å². The molecule has 5 heteroatoms. The molecule has 0 aliphatic carbocycles. The molecule has 0 N–H and O–H groups in total. The maximum absolute atomic E-state index is 10.5. The highest BCUT2D eigenvalue weighted by Crippen LogP contribution is 2.23. The average molecular weight is 288 g/mol. The van der Waals surface area contributed by atoms with Crippen LogP contribution in [0.15, 0.2) is 18.2 Å². The Morgan fingerprint density at radius 2 is 2.31 bits per heavy atom. The predicted octanol–water partition coefficient (Wildman–Crippen LogP) is 2.27. The molecule has 0 saturated carbocycles. The van der Waals surface area contributed by atoms with E-state index in [0.717, 1.165) is 3.57 Å². The van der Waals surface area contributed by atoms with Crippen LogP contribution in [0.3, 0.4) is 0 Å². The zero-order valence-corrected chi connectivity index (χ0v) is 8.69. The first-order valence-corrected chi connectivity index (χ1v) is 4.53. The van der Waals surface area contributed by atoms with Crippen LogP contribution in [-0.4, -0.2) is 4.92 Å². The minimum absolute atomic E-state index is 0.0217. The molecule has 1 aromatic carbocycles. The standard InChI is InChI=1S/C8H5IN2O2/c9-7-2-1-3-8(11(12)13)6(7)4-5-10/h1-3H,4H2. The molecule has 0 fully saturated rings. The summed E-state index contributed by atoms with van der Waals surface area (Å²) in [6, 6.07) is 6.68. The summed E-state index contributed by atoms with van der Waals surface area (Å²) >= 11 is 1.99. The van der Waals surface area contributed by atoms with Gasteiger partial charge in [0.25, 0.3) is 5.69 Å². The fourth-order valence-electron chi connectivity index (χ4n) is 0.972. The first kappa shape index (κ1) is 9.92. The van der Waals surface area contributed by atoms with Crippen molar-refractivity contribution < 1.29 is 4.92 Å². The second kappa shape index (κ2) is 4.18. The summed E-state index contributed by atoms with van der Waals surface area (Å²) in [6.45, 7) is 0. The molecular weight excluding hydrogens is 283 g/mol. The van der Waals surface area contributed by atoms with Crippen molar-refractivity contribution in [3.63, 3.8) is 0 Å². The van der Waals surface area contributed by atoms with Gasteiger partial charge in [0.2, 0.25) is 0 Å². The van der Waals surface area contributed by atoms with Gasteiger partial charge >= 0.3 is 0 Å². The lowest BCUT2D eigenvalue weighted by atomic mass is 10.1. The molecule has 0 bridgehead atoms. The van der Waals surface area contributed by atoms with Crippen molar-refractivity contribution in [3.05, 3.63) is 37.4 Å². The number of halogens is 1. The summed E-state index contributed by atoms with van der Waals surface area (Å²) in [5.74, 6) is 0. The summed E-state index contributed by atoms with van der Waals surface area (Å²) in [5, 5.41) is 19.0. The minimum Gasteiger partial charge on any atom is -0.258 e. The van der Waals surface area contributed by atoms with Crippen molar-refractivity contribution >= 4 is 28.3 Å². The summed E-state index contributed by atoms with van der Waals surface area (Å²) in [6.07, 6.45) is 0.0788. The van der Waals surface area contributed by atoms with Gasteiger partial charge in [-0.1, -0.05) is 6.07 Å². The zero-order chi connectivity index (χ0) is 9.84. The highest BCUT2D eigenvalue weighted by atomic mass is 127. The third kappa shape index (κ3) is 2.15. The third-order valence-corrected chi connectivity index (χ3v) is 2.56. The van der Waals surface area contributed by atoms with E-state index >= 15 is 0 Å². The van der Waals surface area contributed by atoms with Crippen LogP contribution in [0.4, 0.5) is 5.69 Å². The van der Waals surface area contributed by atoms with Crippen LogP contribution in [0.5, 0.6) is 0 Å². The van der Waals surface area contributed by atoms with E-state index in [4.69, 9.17) is 5.26 Å². The fourth-order valence-corrected chi connectivity index (χ4v) is 1.65. The second-order valence-electron chi connectivity index (χ2n) is 2.33. The Morgan fingerprint density at radius 3 is 2.85 bits per heavy atom. The molecule has 4 nitrogen and oxygen atoms in total. The van der Waals surface area contributed by atoms with E-state index in [-0.39, 0.29) is 12.1 Å². The highest BCUT2D eigenvalue weighted by Gasteiger charge is 2.14. The normalized spacial score (nSPS) is 9.23. The summed E-state index contributed by atoms with van der Waals surface area (Å²) in [7, 11) is 0. The van der Waals surface area contributed by atoms with Crippen LogP contribution in [0.1, 0.15) is 5.56 Å². The molecule has 0 atom stereocenters. The molecule has 0 aromatic heterocycles. The van der Waals surface area contributed by atoms with E-state index in [1.165, 1.54) is 6.07 Å². The molecule has 13 heavy (non-hydrogen) atoms. The summed E-state index contributed by atoms with van der Waals surface area (Å²) < 4.78 is 0.758. The molecule has 0 saturated heterocycles. The van der Waals surface area contributed by atoms with Gasteiger partial charge in [-0.2, -0.15) is 5.26 Å². The van der Waals surface area contributed by atoms with Gasteiger partial charge in [-0.05, 0) is 28.7 Å². The van der Waals surface area contributed by atoms with Crippen LogP contribution >= 0.6 is 22.6 Å². The first-order chi connectivity index (χ1) is 6.16. The lowest BCUT2D eigenvalue weighted by Gasteiger charge is -1.99. The maximum Gasteiger partial charge on any atom is 0.274 e. The van der Waals surface area contributed by atoms with Gasteiger partial charge in [-0.15, -0.1) is 0 Å². The Balaban J connectivity index is 3.27. The maximum atomic E-state index is 10.5. The van der Waals surface area contributed by atoms with Crippen molar-refractivity contribution in [3.8, 4) is 6.07 Å². The van der Waals surface area contributed by atoms with Crippen molar-refractivity contribution in [2.24, 2.45) is 0 Å². The van der Waals surface area contributed by atoms with Gasteiger partial charge in [-0.3, -0.25) is 10.1 Å². The van der Waals surface area contributed by atoms with E-state index in [9.17, 15) is 10.1 Å². The molecular formula is C8H5IN2O2. The van der Waals surface area contributed by atoms with Crippen molar-refractivity contribution in [2.75, 3.05) is 0 Å². The second-order valence-corrected chi connectivity index (χ2v) is 3.49. The molecule has 66 valence electrons. The smallest absolute Gasteiger partial charge is 0.258 e. The third-order valence-electron chi connectivity index (χ3n) is 1.55. The van der Waals surface area contributed by atoms with Crippen LogP contribution in [0.25, 0.3) is 0 Å². The van der Waals surface area contributed by atoms with Crippen LogP contribution < -0.4 is 0 Å². The number of benzene rings is 1. The van der Waals surface area contributed by atoms with Crippen molar-refractivity contribution in [2.45, 2.75) is 6.42 Å². The zero-order valence-electron chi connectivity index (χ0n) is 6.53. The lowest BCUT2D eigenvalue weighted by molar-refractivity contribution is -0.385. The van der Waals surface area contributed by atoms with Crippen molar-refractivity contribution in [1.82, 2.24) is 0 Å². The van der Waals surface area contributed by atoms with E-state index in [1.807, 2.05) is 28.7 Å². The Labute approximate surface area is 88.5 Å².